The number of carbonyl (C=O) groups is 1. The number of aryl methyl sites for hydroxylation is 1. The Morgan fingerprint density at radius 1 is 1.20 bits per heavy atom. The lowest BCUT2D eigenvalue weighted by molar-refractivity contribution is 0.102. The highest BCUT2D eigenvalue weighted by molar-refractivity contribution is 6.35. The first-order chi connectivity index (χ1) is 9.47. The molecule has 0 saturated carbocycles. The van der Waals surface area contributed by atoms with Crippen molar-refractivity contribution in [1.82, 2.24) is 4.98 Å². The molecule has 0 fully saturated rings. The average molecular weight is 310 g/mol. The van der Waals surface area contributed by atoms with Crippen LogP contribution in [0.1, 0.15) is 23.0 Å². The second kappa shape index (κ2) is 6.11. The molecule has 1 aromatic heterocycles. The Morgan fingerprint density at radius 3 is 2.45 bits per heavy atom. The summed E-state index contributed by atoms with van der Waals surface area (Å²) in [4.78, 5) is 16.3. The molecule has 0 radical (unpaired) electrons. The molecule has 0 atom stereocenters. The van der Waals surface area contributed by atoms with Crippen molar-refractivity contribution in [2.45, 2.75) is 13.3 Å². The molecular weight excluding hydrogens is 297 g/mol. The van der Waals surface area contributed by atoms with Gasteiger partial charge in [0.1, 0.15) is 5.82 Å². The molecule has 4 nitrogen and oxygen atoms in total. The van der Waals surface area contributed by atoms with Gasteiger partial charge in [-0.2, -0.15) is 0 Å². The van der Waals surface area contributed by atoms with Gasteiger partial charge in [0.05, 0.1) is 0 Å². The van der Waals surface area contributed by atoms with Gasteiger partial charge in [-0.15, -0.1) is 0 Å². The van der Waals surface area contributed by atoms with E-state index in [9.17, 15) is 4.79 Å². The van der Waals surface area contributed by atoms with Gasteiger partial charge in [0, 0.05) is 27.0 Å². The van der Waals surface area contributed by atoms with Gasteiger partial charge in [-0.25, -0.2) is 4.98 Å². The van der Waals surface area contributed by atoms with Crippen LogP contribution in [-0.4, -0.2) is 10.9 Å². The number of aromatic nitrogens is 1. The minimum Gasteiger partial charge on any atom is -0.384 e. The highest BCUT2D eigenvalue weighted by atomic mass is 35.5. The summed E-state index contributed by atoms with van der Waals surface area (Å²) in [7, 11) is 0. The Bertz CT molecular complexity index is 639. The van der Waals surface area contributed by atoms with E-state index in [-0.39, 0.29) is 5.91 Å². The number of rotatable bonds is 3. The topological polar surface area (TPSA) is 68.0 Å². The molecule has 2 aromatic rings. The van der Waals surface area contributed by atoms with E-state index in [1.165, 1.54) is 6.07 Å². The molecule has 2 rings (SSSR count). The predicted molar refractivity (Wildman–Crippen MR) is 82.4 cm³/mol. The molecule has 0 aliphatic rings. The number of pyridine rings is 1. The van der Waals surface area contributed by atoms with Gasteiger partial charge in [0.15, 0.2) is 0 Å². The summed E-state index contributed by atoms with van der Waals surface area (Å²) in [6.45, 7) is 1.94. The van der Waals surface area contributed by atoms with Gasteiger partial charge in [-0.1, -0.05) is 30.1 Å². The van der Waals surface area contributed by atoms with E-state index in [1.54, 1.807) is 24.3 Å². The Kier molecular flexibility index (Phi) is 4.47. The lowest BCUT2D eigenvalue weighted by atomic mass is 10.1. The number of nitrogens with zero attached hydrogens (tertiary/aromatic N) is 1. The zero-order valence-electron chi connectivity index (χ0n) is 10.8. The van der Waals surface area contributed by atoms with E-state index in [4.69, 9.17) is 28.9 Å². The number of hydrogen-bond acceptors (Lipinski definition) is 3. The summed E-state index contributed by atoms with van der Waals surface area (Å²) in [5, 5.41) is 3.64. The highest BCUT2D eigenvalue weighted by Gasteiger charge is 2.09. The normalized spacial score (nSPS) is 10.3. The molecule has 0 aliphatic carbocycles. The Labute approximate surface area is 126 Å². The molecule has 0 spiro atoms. The van der Waals surface area contributed by atoms with Gasteiger partial charge in [-0.3, -0.25) is 4.79 Å². The number of hydrogen-bond donors (Lipinski definition) is 2. The lowest BCUT2D eigenvalue weighted by Gasteiger charge is -2.08. The molecule has 1 amide bonds. The fourth-order valence-corrected chi connectivity index (χ4v) is 2.28. The van der Waals surface area contributed by atoms with Crippen molar-refractivity contribution in [3.63, 3.8) is 0 Å². The fourth-order valence-electron chi connectivity index (χ4n) is 1.75. The van der Waals surface area contributed by atoms with E-state index in [1.807, 2.05) is 6.92 Å². The van der Waals surface area contributed by atoms with Crippen LogP contribution in [-0.2, 0) is 6.42 Å². The molecule has 0 unspecified atom stereocenters. The van der Waals surface area contributed by atoms with Gasteiger partial charge in [0.25, 0.3) is 5.91 Å². The van der Waals surface area contributed by atoms with Crippen LogP contribution in [0.15, 0.2) is 30.3 Å². The van der Waals surface area contributed by atoms with E-state index >= 15 is 0 Å². The molecule has 104 valence electrons. The molecule has 6 heteroatoms. The second-order valence-electron chi connectivity index (χ2n) is 4.24. The zero-order valence-corrected chi connectivity index (χ0v) is 12.3. The molecule has 0 bridgehead atoms. The van der Waals surface area contributed by atoms with Crippen molar-refractivity contribution >= 4 is 40.6 Å². The van der Waals surface area contributed by atoms with E-state index in [0.717, 1.165) is 5.69 Å². The van der Waals surface area contributed by atoms with Crippen molar-refractivity contribution < 1.29 is 4.79 Å². The van der Waals surface area contributed by atoms with Gasteiger partial charge < -0.3 is 11.1 Å². The van der Waals surface area contributed by atoms with Crippen molar-refractivity contribution in [1.29, 1.82) is 0 Å². The lowest BCUT2D eigenvalue weighted by Crippen LogP contribution is -2.13. The van der Waals surface area contributed by atoms with Crippen LogP contribution in [0.3, 0.4) is 0 Å². The minimum absolute atomic E-state index is 0.285. The number of benzene rings is 1. The third kappa shape index (κ3) is 3.62. The van der Waals surface area contributed by atoms with Gasteiger partial charge in [-0.05, 0) is 36.8 Å². The summed E-state index contributed by atoms with van der Waals surface area (Å²) in [6.07, 6.45) is 0.703. The number of anilines is 2. The first kappa shape index (κ1) is 14.6. The number of carbonyl (C=O) groups excluding carboxylic acids is 1. The van der Waals surface area contributed by atoms with Crippen LogP contribution in [0.2, 0.25) is 10.0 Å². The minimum atomic E-state index is -0.285. The quantitative estimate of drug-likeness (QED) is 0.906. The van der Waals surface area contributed by atoms with Crippen LogP contribution >= 0.6 is 23.2 Å². The molecule has 1 aromatic carbocycles. The summed E-state index contributed by atoms with van der Waals surface area (Å²) in [5.41, 5.74) is 7.42. The number of nitrogens with two attached hydrogens (primary N) is 1. The maximum absolute atomic E-state index is 12.2. The maximum atomic E-state index is 12.2. The highest BCUT2D eigenvalue weighted by Crippen LogP contribution is 2.23. The van der Waals surface area contributed by atoms with E-state index in [0.29, 0.717) is 33.5 Å². The zero-order chi connectivity index (χ0) is 14.7. The van der Waals surface area contributed by atoms with Crippen molar-refractivity contribution in [3.8, 4) is 0 Å². The first-order valence-electron chi connectivity index (χ1n) is 6.02. The van der Waals surface area contributed by atoms with Crippen LogP contribution in [0.4, 0.5) is 11.5 Å². The fraction of sp³-hybridized carbons (Fsp3) is 0.143. The van der Waals surface area contributed by atoms with Gasteiger partial charge in [0.2, 0.25) is 0 Å². The van der Waals surface area contributed by atoms with Crippen LogP contribution < -0.4 is 11.1 Å². The van der Waals surface area contributed by atoms with Crippen molar-refractivity contribution in [2.24, 2.45) is 0 Å². The van der Waals surface area contributed by atoms with E-state index < -0.39 is 0 Å². The first-order valence-corrected chi connectivity index (χ1v) is 6.77. The SMILES string of the molecule is CCc1cc(C(=O)Nc2cc(Cl)cc(Cl)c2)cc(N)n1. The van der Waals surface area contributed by atoms with Crippen molar-refractivity contribution in [3.05, 3.63) is 51.6 Å². The molecule has 3 N–H and O–H groups in total. The predicted octanol–water partition coefficient (Wildman–Crippen LogP) is 3.79. The summed E-state index contributed by atoms with van der Waals surface area (Å²) < 4.78 is 0. The van der Waals surface area contributed by atoms with Gasteiger partial charge >= 0.3 is 0 Å². The van der Waals surface area contributed by atoms with E-state index in [2.05, 4.69) is 10.3 Å². The molecular formula is C14H13Cl2N3O. The monoisotopic (exact) mass is 309 g/mol. The van der Waals surface area contributed by atoms with Crippen LogP contribution in [0, 0.1) is 0 Å². The Hall–Kier alpha value is -1.78. The van der Waals surface area contributed by atoms with Crippen molar-refractivity contribution in [2.75, 3.05) is 11.1 Å². The third-order valence-electron chi connectivity index (χ3n) is 2.64. The number of nitrogens with one attached hydrogen (secondary N) is 1. The van der Waals surface area contributed by atoms with Crippen LogP contribution in [0.5, 0.6) is 0 Å². The molecule has 0 saturated heterocycles. The largest absolute Gasteiger partial charge is 0.384 e. The number of halogens is 2. The number of nitrogen functional groups attached to an aromatic ring is 1. The molecule has 0 aliphatic heterocycles. The Balaban J connectivity index is 2.25. The summed E-state index contributed by atoms with van der Waals surface area (Å²) in [5.74, 6) is 0.0331. The second-order valence-corrected chi connectivity index (χ2v) is 5.11. The number of amides is 1. The third-order valence-corrected chi connectivity index (χ3v) is 3.08. The van der Waals surface area contributed by atoms with Crippen LogP contribution in [0.25, 0.3) is 0 Å². The smallest absolute Gasteiger partial charge is 0.255 e. The molecule has 20 heavy (non-hydrogen) atoms. The maximum Gasteiger partial charge on any atom is 0.255 e. The standard InChI is InChI=1S/C14H13Cl2N3O/c1-2-11-3-8(4-13(17)18-11)14(20)19-12-6-9(15)5-10(16)7-12/h3-7H,2H2,1H3,(H2,17,18)(H,19,20). The molecule has 1 heterocycles. The summed E-state index contributed by atoms with van der Waals surface area (Å²) in [6, 6.07) is 8.07. The average Bonchev–Trinajstić information content (AvgIpc) is 2.36. The summed E-state index contributed by atoms with van der Waals surface area (Å²) >= 11 is 11.8. The Morgan fingerprint density at radius 2 is 1.85 bits per heavy atom.